The second kappa shape index (κ2) is 4.29. The van der Waals surface area contributed by atoms with E-state index in [-0.39, 0.29) is 23.7 Å². The first-order valence-electron chi connectivity index (χ1n) is 7.00. The largest absolute Gasteiger partial charge is 0.390 e. The van der Waals surface area contributed by atoms with Gasteiger partial charge >= 0.3 is 0 Å². The van der Waals surface area contributed by atoms with Crippen molar-refractivity contribution in [2.24, 2.45) is 23.7 Å². The first-order valence-corrected chi connectivity index (χ1v) is 7.38. The molecule has 5 nitrogen and oxygen atoms in total. The Bertz CT molecular complexity index is 616. The number of halogens is 1. The normalized spacial score (nSPS) is 41.0. The average Bonchev–Trinajstić information content (AvgIpc) is 3.04. The molecular weight excluding hydrogens is 294 g/mol. The van der Waals surface area contributed by atoms with Crippen LogP contribution >= 0.6 is 11.6 Å². The number of hydrogen-bond donors (Lipinski definition) is 2. The quantitative estimate of drug-likeness (QED) is 0.753. The molecule has 1 saturated heterocycles. The highest BCUT2D eigenvalue weighted by molar-refractivity contribution is 6.31. The summed E-state index contributed by atoms with van der Waals surface area (Å²) in [6.07, 6.45) is -1.28. The van der Waals surface area contributed by atoms with Crippen LogP contribution in [0.25, 0.3) is 0 Å². The Hall–Kier alpha value is -1.43. The molecule has 1 heterocycles. The molecule has 6 heteroatoms. The van der Waals surface area contributed by atoms with Crippen molar-refractivity contribution >= 4 is 29.1 Å². The van der Waals surface area contributed by atoms with E-state index in [1.165, 1.54) is 0 Å². The van der Waals surface area contributed by atoms with Crippen LogP contribution in [-0.4, -0.2) is 34.2 Å². The number of aliphatic hydroxyl groups excluding tert-OH is 2. The van der Waals surface area contributed by atoms with Gasteiger partial charge in [-0.1, -0.05) is 17.7 Å². The van der Waals surface area contributed by atoms with Gasteiger partial charge in [0.15, 0.2) is 0 Å². The zero-order valence-electron chi connectivity index (χ0n) is 11.0. The molecule has 1 aliphatic heterocycles. The van der Waals surface area contributed by atoms with Crippen LogP contribution in [0.2, 0.25) is 5.02 Å². The van der Waals surface area contributed by atoms with Gasteiger partial charge in [0.05, 0.1) is 29.7 Å². The average molecular weight is 308 g/mol. The van der Waals surface area contributed by atoms with E-state index in [0.29, 0.717) is 17.1 Å². The van der Waals surface area contributed by atoms with Crippen LogP contribution in [0.3, 0.4) is 0 Å². The summed E-state index contributed by atoms with van der Waals surface area (Å²) >= 11 is 5.93. The van der Waals surface area contributed by atoms with Crippen molar-refractivity contribution in [3.05, 3.63) is 29.3 Å². The van der Waals surface area contributed by atoms with Gasteiger partial charge in [-0.15, -0.1) is 0 Å². The molecule has 0 radical (unpaired) electrons. The number of nitrogens with zero attached hydrogens (tertiary/aromatic N) is 1. The standard InChI is InChI=1S/C15H14ClNO4/c16-6-2-1-3-7(4-6)17-14(20)10-8-5-9(11(10)15(17)21)13(19)12(8)18/h1-4,8-13,18-19H,5H2/t8-,9+,10-,11-,12+,13+/m1/s1. The summed E-state index contributed by atoms with van der Waals surface area (Å²) in [7, 11) is 0. The zero-order valence-corrected chi connectivity index (χ0v) is 11.8. The van der Waals surface area contributed by atoms with E-state index < -0.39 is 24.0 Å². The molecule has 1 aromatic carbocycles. The van der Waals surface area contributed by atoms with E-state index in [4.69, 9.17) is 11.6 Å². The van der Waals surface area contributed by atoms with Gasteiger partial charge in [-0.25, -0.2) is 4.90 Å². The van der Waals surface area contributed by atoms with Crippen molar-refractivity contribution in [2.75, 3.05) is 4.90 Å². The lowest BCUT2D eigenvalue weighted by Crippen LogP contribution is -2.43. The topological polar surface area (TPSA) is 77.8 Å². The predicted molar refractivity (Wildman–Crippen MR) is 74.5 cm³/mol. The molecule has 2 amide bonds. The molecule has 2 aliphatic carbocycles. The first kappa shape index (κ1) is 13.2. The van der Waals surface area contributed by atoms with Crippen molar-refractivity contribution in [1.82, 2.24) is 0 Å². The Morgan fingerprint density at radius 3 is 2.14 bits per heavy atom. The fourth-order valence-electron chi connectivity index (χ4n) is 4.30. The maximum absolute atomic E-state index is 12.6. The molecule has 2 N–H and O–H groups in total. The SMILES string of the molecule is O=C1[C@@H]2[C@@H]3C[C@@H]([C@H](O)[C@H]3O)[C@H]2C(=O)N1c1cccc(Cl)c1. The summed E-state index contributed by atoms with van der Waals surface area (Å²) in [5.74, 6) is -2.25. The number of anilines is 1. The summed E-state index contributed by atoms with van der Waals surface area (Å²) in [6.45, 7) is 0. The van der Waals surface area contributed by atoms with E-state index in [1.54, 1.807) is 24.3 Å². The van der Waals surface area contributed by atoms with E-state index in [2.05, 4.69) is 0 Å². The second-order valence-electron chi connectivity index (χ2n) is 6.09. The molecule has 21 heavy (non-hydrogen) atoms. The third kappa shape index (κ3) is 1.59. The predicted octanol–water partition coefficient (Wildman–Crippen LogP) is 0.817. The van der Waals surface area contributed by atoms with E-state index in [9.17, 15) is 19.8 Å². The summed E-state index contributed by atoms with van der Waals surface area (Å²) < 4.78 is 0. The number of hydrogen-bond acceptors (Lipinski definition) is 4. The summed E-state index contributed by atoms with van der Waals surface area (Å²) in [5, 5.41) is 20.4. The number of amides is 2. The molecule has 6 atom stereocenters. The van der Waals surface area contributed by atoms with Gasteiger partial charge in [0.25, 0.3) is 0 Å². The number of aliphatic hydroxyl groups is 2. The zero-order chi connectivity index (χ0) is 14.9. The molecule has 3 aliphatic rings. The maximum Gasteiger partial charge on any atom is 0.238 e. The number of fused-ring (bicyclic) bond motifs is 5. The fourth-order valence-corrected chi connectivity index (χ4v) is 4.48. The molecule has 2 saturated carbocycles. The van der Waals surface area contributed by atoms with Crippen molar-refractivity contribution in [3.63, 3.8) is 0 Å². The number of benzene rings is 1. The highest BCUT2D eigenvalue weighted by Crippen LogP contribution is 2.56. The lowest BCUT2D eigenvalue weighted by atomic mass is 9.78. The monoisotopic (exact) mass is 307 g/mol. The van der Waals surface area contributed by atoms with E-state index >= 15 is 0 Å². The Balaban J connectivity index is 1.75. The molecule has 2 bridgehead atoms. The van der Waals surface area contributed by atoms with Crippen LogP contribution in [-0.2, 0) is 9.59 Å². The Morgan fingerprint density at radius 1 is 1.05 bits per heavy atom. The lowest BCUT2D eigenvalue weighted by Gasteiger charge is -2.29. The third-order valence-corrected chi connectivity index (χ3v) is 5.39. The van der Waals surface area contributed by atoms with Gasteiger partial charge in [-0.2, -0.15) is 0 Å². The molecular formula is C15H14ClNO4. The van der Waals surface area contributed by atoms with Crippen LogP contribution in [0.1, 0.15) is 6.42 Å². The van der Waals surface area contributed by atoms with Crippen LogP contribution in [0.4, 0.5) is 5.69 Å². The van der Waals surface area contributed by atoms with E-state index in [0.717, 1.165) is 4.90 Å². The van der Waals surface area contributed by atoms with Crippen molar-refractivity contribution in [3.8, 4) is 0 Å². The first-order chi connectivity index (χ1) is 10.0. The Labute approximate surface area is 126 Å². The van der Waals surface area contributed by atoms with Crippen LogP contribution in [0, 0.1) is 23.7 Å². The van der Waals surface area contributed by atoms with Gasteiger partial charge in [0.2, 0.25) is 11.8 Å². The van der Waals surface area contributed by atoms with Crippen molar-refractivity contribution in [2.45, 2.75) is 18.6 Å². The molecule has 0 unspecified atom stereocenters. The summed E-state index contributed by atoms with van der Waals surface area (Å²) in [6, 6.07) is 6.60. The highest BCUT2D eigenvalue weighted by Gasteiger charge is 2.67. The number of rotatable bonds is 1. The van der Waals surface area contributed by atoms with Crippen LogP contribution < -0.4 is 4.90 Å². The minimum atomic E-state index is -0.910. The van der Waals surface area contributed by atoms with Gasteiger partial charge in [-0.05, 0) is 24.6 Å². The Kier molecular flexibility index (Phi) is 2.70. The molecule has 4 rings (SSSR count). The van der Waals surface area contributed by atoms with Crippen molar-refractivity contribution in [1.29, 1.82) is 0 Å². The number of imide groups is 1. The van der Waals surface area contributed by atoms with Crippen LogP contribution in [0.5, 0.6) is 0 Å². The molecule has 3 fully saturated rings. The van der Waals surface area contributed by atoms with Crippen LogP contribution in [0.15, 0.2) is 24.3 Å². The molecule has 0 aromatic heterocycles. The van der Waals surface area contributed by atoms with Gasteiger partial charge in [0.1, 0.15) is 0 Å². The second-order valence-corrected chi connectivity index (χ2v) is 6.52. The molecule has 110 valence electrons. The van der Waals surface area contributed by atoms with E-state index in [1.807, 2.05) is 0 Å². The lowest BCUT2D eigenvalue weighted by molar-refractivity contribution is -0.129. The highest BCUT2D eigenvalue weighted by atomic mass is 35.5. The smallest absolute Gasteiger partial charge is 0.238 e. The third-order valence-electron chi connectivity index (χ3n) is 5.16. The molecule has 1 aromatic rings. The molecule has 0 spiro atoms. The minimum absolute atomic E-state index is 0.286. The number of carbonyl (C=O) groups is 2. The van der Waals surface area contributed by atoms with Gasteiger partial charge < -0.3 is 10.2 Å². The van der Waals surface area contributed by atoms with Crippen molar-refractivity contribution < 1.29 is 19.8 Å². The number of carbonyl (C=O) groups excluding carboxylic acids is 2. The maximum atomic E-state index is 12.6. The summed E-state index contributed by atoms with van der Waals surface area (Å²) in [5.41, 5.74) is 0.454. The minimum Gasteiger partial charge on any atom is -0.390 e. The summed E-state index contributed by atoms with van der Waals surface area (Å²) in [4.78, 5) is 26.4. The fraction of sp³-hybridized carbons (Fsp3) is 0.467. The van der Waals surface area contributed by atoms with Gasteiger partial charge in [0, 0.05) is 16.9 Å². The Morgan fingerprint density at radius 2 is 1.62 bits per heavy atom. The van der Waals surface area contributed by atoms with Gasteiger partial charge in [-0.3, -0.25) is 9.59 Å².